The number of nitrogens with zero attached hydrogens (tertiary/aromatic N) is 1. The van der Waals surface area contributed by atoms with Gasteiger partial charge >= 0.3 is 0 Å². The van der Waals surface area contributed by atoms with E-state index >= 15 is 0 Å². The smallest absolute Gasteiger partial charge is 0.295 e. The first-order valence-electron chi connectivity index (χ1n) is 10.3. The highest BCUT2D eigenvalue weighted by atomic mass is 19.1. The van der Waals surface area contributed by atoms with Gasteiger partial charge in [0.05, 0.1) is 24.1 Å². The zero-order chi connectivity index (χ0) is 22.4. The molecule has 3 aromatic carbocycles. The van der Waals surface area contributed by atoms with E-state index in [0.717, 1.165) is 23.6 Å². The van der Waals surface area contributed by atoms with Crippen molar-refractivity contribution in [2.45, 2.75) is 19.4 Å². The number of aryl methyl sites for hydroxylation is 1. The van der Waals surface area contributed by atoms with Gasteiger partial charge in [-0.05, 0) is 60.0 Å². The van der Waals surface area contributed by atoms with Gasteiger partial charge in [0.15, 0.2) is 5.43 Å². The molecule has 0 radical (unpaired) electrons. The summed E-state index contributed by atoms with van der Waals surface area (Å²) in [4.78, 5) is 28.5. The normalized spacial score (nSPS) is 15.3. The van der Waals surface area contributed by atoms with Gasteiger partial charge in [-0.15, -0.1) is 0 Å². The fourth-order valence-corrected chi connectivity index (χ4v) is 4.21. The van der Waals surface area contributed by atoms with E-state index in [-0.39, 0.29) is 22.3 Å². The van der Waals surface area contributed by atoms with E-state index in [4.69, 9.17) is 9.15 Å². The molecule has 0 aliphatic carbocycles. The van der Waals surface area contributed by atoms with Crippen LogP contribution in [0.4, 0.5) is 10.1 Å². The topological polar surface area (TPSA) is 59.8 Å². The largest absolute Gasteiger partial charge is 0.497 e. The Bertz CT molecular complexity index is 1390. The lowest BCUT2D eigenvalue weighted by molar-refractivity contribution is 0.0971. The Labute approximate surface area is 183 Å². The molecule has 1 aliphatic rings. The zero-order valence-corrected chi connectivity index (χ0v) is 17.6. The molecule has 1 amide bonds. The number of hydrogen-bond donors (Lipinski definition) is 0. The molecular formula is C26H20FNO4. The maximum Gasteiger partial charge on any atom is 0.295 e. The van der Waals surface area contributed by atoms with Crippen molar-refractivity contribution in [1.29, 1.82) is 0 Å². The van der Waals surface area contributed by atoms with Crippen LogP contribution in [-0.4, -0.2) is 13.0 Å². The third-order valence-corrected chi connectivity index (χ3v) is 5.89. The third-order valence-electron chi connectivity index (χ3n) is 5.89. The fraction of sp³-hybridized carbons (Fsp3) is 0.154. The van der Waals surface area contributed by atoms with Crippen LogP contribution in [0, 0.1) is 5.82 Å². The molecule has 0 fully saturated rings. The predicted molar refractivity (Wildman–Crippen MR) is 120 cm³/mol. The highest BCUT2D eigenvalue weighted by Gasteiger charge is 2.43. The summed E-state index contributed by atoms with van der Waals surface area (Å²) < 4.78 is 25.0. The number of benzene rings is 3. The van der Waals surface area contributed by atoms with E-state index in [1.165, 1.54) is 12.1 Å². The van der Waals surface area contributed by atoms with Crippen LogP contribution in [0.1, 0.15) is 40.2 Å². The van der Waals surface area contributed by atoms with Crippen LogP contribution in [0.25, 0.3) is 11.0 Å². The highest BCUT2D eigenvalue weighted by Crippen LogP contribution is 2.41. The molecule has 0 N–H and O–H groups in total. The minimum Gasteiger partial charge on any atom is -0.497 e. The third kappa shape index (κ3) is 3.07. The molecule has 1 unspecified atom stereocenters. The van der Waals surface area contributed by atoms with Crippen LogP contribution in [0.5, 0.6) is 5.75 Å². The number of halogens is 1. The number of carbonyl (C=O) groups excluding carboxylic acids is 1. The molecule has 0 saturated heterocycles. The lowest BCUT2D eigenvalue weighted by Crippen LogP contribution is -2.29. The van der Waals surface area contributed by atoms with Crippen molar-refractivity contribution in [1.82, 2.24) is 0 Å². The Hall–Kier alpha value is -3.93. The van der Waals surface area contributed by atoms with Crippen LogP contribution in [-0.2, 0) is 6.42 Å². The molecule has 160 valence electrons. The number of rotatable bonds is 4. The number of carbonyl (C=O) groups is 1. The molecule has 5 rings (SSSR count). The van der Waals surface area contributed by atoms with E-state index in [1.54, 1.807) is 36.3 Å². The van der Waals surface area contributed by atoms with E-state index in [1.807, 2.05) is 24.3 Å². The van der Waals surface area contributed by atoms with Crippen LogP contribution in [0.2, 0.25) is 0 Å². The molecule has 0 bridgehead atoms. The van der Waals surface area contributed by atoms with Crippen LogP contribution in [0.15, 0.2) is 75.9 Å². The minimum atomic E-state index is -0.694. The summed E-state index contributed by atoms with van der Waals surface area (Å²) in [5, 5.41) is 0.114. The molecule has 6 heteroatoms. The Morgan fingerprint density at radius 2 is 1.72 bits per heavy atom. The lowest BCUT2D eigenvalue weighted by Gasteiger charge is -2.25. The highest BCUT2D eigenvalue weighted by molar-refractivity contribution is 6.10. The van der Waals surface area contributed by atoms with Crippen molar-refractivity contribution >= 4 is 22.6 Å². The van der Waals surface area contributed by atoms with E-state index < -0.39 is 23.2 Å². The zero-order valence-electron chi connectivity index (χ0n) is 17.6. The summed E-state index contributed by atoms with van der Waals surface area (Å²) in [6.45, 7) is 2.06. The number of hydrogen-bond acceptors (Lipinski definition) is 4. The van der Waals surface area contributed by atoms with Crippen molar-refractivity contribution in [3.05, 3.63) is 105 Å². The van der Waals surface area contributed by atoms with Gasteiger partial charge in [0.2, 0.25) is 5.76 Å². The molecule has 1 atom stereocenters. The van der Waals surface area contributed by atoms with Gasteiger partial charge in [-0.3, -0.25) is 14.5 Å². The summed E-state index contributed by atoms with van der Waals surface area (Å²) in [7, 11) is 1.57. The maximum absolute atomic E-state index is 13.9. The number of methoxy groups -OCH3 is 1. The first kappa shape index (κ1) is 20.0. The summed E-state index contributed by atoms with van der Waals surface area (Å²) in [5.74, 6) is -0.324. The Morgan fingerprint density at radius 1 is 1.00 bits per heavy atom. The van der Waals surface area contributed by atoms with Crippen molar-refractivity contribution in [2.24, 2.45) is 0 Å². The van der Waals surface area contributed by atoms with Gasteiger partial charge in [0.25, 0.3) is 5.91 Å². The monoisotopic (exact) mass is 429 g/mol. The number of fused-ring (bicyclic) bond motifs is 2. The lowest BCUT2D eigenvalue weighted by atomic mass is 9.97. The molecule has 32 heavy (non-hydrogen) atoms. The second-order valence-electron chi connectivity index (χ2n) is 7.69. The quantitative estimate of drug-likeness (QED) is 0.444. The summed E-state index contributed by atoms with van der Waals surface area (Å²) in [5.41, 5.74) is 2.50. The van der Waals surface area contributed by atoms with Gasteiger partial charge in [-0.25, -0.2) is 4.39 Å². The molecule has 1 aliphatic heterocycles. The van der Waals surface area contributed by atoms with Crippen molar-refractivity contribution in [3.63, 3.8) is 0 Å². The molecule has 0 spiro atoms. The standard InChI is InChI=1S/C26H20FNO4/c1-3-15-4-6-16(7-5-15)23-22-24(29)20-14-17(27)8-13-21(20)32-25(22)26(30)28(23)18-9-11-19(31-2)12-10-18/h4-14,23H,3H2,1-2H3. The number of anilines is 1. The number of amides is 1. The SMILES string of the molecule is CCc1ccc(C2c3c(oc4ccc(F)cc4c3=O)C(=O)N2c2ccc(OC)cc2)cc1. The summed E-state index contributed by atoms with van der Waals surface area (Å²) >= 11 is 0. The molecular weight excluding hydrogens is 409 g/mol. The Balaban J connectivity index is 1.77. The summed E-state index contributed by atoms with van der Waals surface area (Å²) in [6.07, 6.45) is 0.870. The molecule has 2 heterocycles. The average molecular weight is 429 g/mol. The van der Waals surface area contributed by atoms with E-state index in [9.17, 15) is 14.0 Å². The Kier molecular flexibility index (Phi) is 4.78. The van der Waals surface area contributed by atoms with E-state index in [2.05, 4.69) is 6.92 Å². The van der Waals surface area contributed by atoms with Crippen LogP contribution < -0.4 is 15.1 Å². The molecule has 1 aromatic heterocycles. The van der Waals surface area contributed by atoms with Crippen molar-refractivity contribution in [2.75, 3.05) is 12.0 Å². The fourth-order valence-electron chi connectivity index (χ4n) is 4.21. The average Bonchev–Trinajstić information content (AvgIpc) is 3.12. The Morgan fingerprint density at radius 3 is 2.38 bits per heavy atom. The second-order valence-corrected chi connectivity index (χ2v) is 7.69. The first-order valence-corrected chi connectivity index (χ1v) is 10.3. The van der Waals surface area contributed by atoms with Crippen molar-refractivity contribution in [3.8, 4) is 5.75 Å². The van der Waals surface area contributed by atoms with Crippen LogP contribution in [0.3, 0.4) is 0 Å². The molecule has 0 saturated carbocycles. The number of ether oxygens (including phenoxy) is 1. The first-order chi connectivity index (χ1) is 15.5. The van der Waals surface area contributed by atoms with Gasteiger partial charge in [0.1, 0.15) is 17.1 Å². The predicted octanol–water partition coefficient (Wildman–Crippen LogP) is 5.25. The van der Waals surface area contributed by atoms with E-state index in [0.29, 0.717) is 11.4 Å². The van der Waals surface area contributed by atoms with Crippen LogP contribution >= 0.6 is 0 Å². The van der Waals surface area contributed by atoms with Gasteiger partial charge < -0.3 is 9.15 Å². The van der Waals surface area contributed by atoms with Gasteiger partial charge in [-0.2, -0.15) is 0 Å². The molecule has 5 nitrogen and oxygen atoms in total. The van der Waals surface area contributed by atoms with Gasteiger partial charge in [0, 0.05) is 5.69 Å². The second kappa shape index (κ2) is 7.64. The van der Waals surface area contributed by atoms with Gasteiger partial charge in [-0.1, -0.05) is 31.2 Å². The summed E-state index contributed by atoms with van der Waals surface area (Å²) in [6, 6.07) is 17.9. The molecule has 4 aromatic rings. The maximum atomic E-state index is 13.9. The van der Waals surface area contributed by atoms with Crippen molar-refractivity contribution < 1.29 is 18.3 Å². The minimum absolute atomic E-state index is 0.0190.